The molecule has 2 atom stereocenters. The number of anilines is 1. The van der Waals surface area contributed by atoms with E-state index in [9.17, 15) is 4.39 Å². The van der Waals surface area contributed by atoms with E-state index in [1.54, 1.807) is 18.3 Å². The van der Waals surface area contributed by atoms with Crippen molar-refractivity contribution in [1.82, 2.24) is 19.5 Å². The zero-order valence-corrected chi connectivity index (χ0v) is 21.8. The molecule has 7 rings (SSSR count). The van der Waals surface area contributed by atoms with Crippen molar-refractivity contribution in [2.45, 2.75) is 25.7 Å². The summed E-state index contributed by atoms with van der Waals surface area (Å²) in [6, 6.07) is 14.2. The Morgan fingerprint density at radius 2 is 1.82 bits per heavy atom. The number of fused-ring (bicyclic) bond motifs is 4. The number of pyridine rings is 1. The van der Waals surface area contributed by atoms with Gasteiger partial charge in [0.25, 0.3) is 0 Å². The first-order chi connectivity index (χ1) is 19.0. The number of rotatable bonds is 6. The van der Waals surface area contributed by atoms with Gasteiger partial charge in [-0.15, -0.1) is 0 Å². The third-order valence-electron chi connectivity index (χ3n) is 8.29. The van der Waals surface area contributed by atoms with Crippen molar-refractivity contribution in [3.8, 4) is 17.3 Å². The van der Waals surface area contributed by atoms with Gasteiger partial charge in [-0.25, -0.2) is 8.78 Å². The summed E-state index contributed by atoms with van der Waals surface area (Å²) in [7, 11) is 1.99. The number of hydrogen-bond acceptors (Lipinski definition) is 5. The van der Waals surface area contributed by atoms with Crippen molar-refractivity contribution in [1.29, 1.82) is 0 Å². The van der Waals surface area contributed by atoms with E-state index in [-0.39, 0.29) is 23.0 Å². The zero-order chi connectivity index (χ0) is 26.5. The van der Waals surface area contributed by atoms with Gasteiger partial charge in [-0.2, -0.15) is 9.97 Å². The van der Waals surface area contributed by atoms with Crippen LogP contribution in [0.25, 0.3) is 32.9 Å². The maximum Gasteiger partial charge on any atom is 0.319 e. The summed E-state index contributed by atoms with van der Waals surface area (Å²) in [5, 5.41) is 1.98. The smallest absolute Gasteiger partial charge is 0.319 e. The summed E-state index contributed by atoms with van der Waals surface area (Å²) in [4.78, 5) is 16.2. The molecule has 2 aliphatic rings. The Hall–Kier alpha value is -4.07. The second kappa shape index (κ2) is 9.59. The van der Waals surface area contributed by atoms with E-state index >= 15 is 4.39 Å². The van der Waals surface area contributed by atoms with E-state index in [0.717, 1.165) is 24.2 Å². The fraction of sp³-hybridized carbons (Fsp3) is 0.323. The lowest BCUT2D eigenvalue weighted by molar-refractivity contribution is 0.294. The molecular formula is C31H29F2N5O. The van der Waals surface area contributed by atoms with Gasteiger partial charge < -0.3 is 14.2 Å². The SMILES string of the molecule is Cn1cccc1CCOc1nc(N2CC3CCC(C3)C2)c2cnc(-c3cccc4ccc(F)cc34)c(F)c2n1. The second-order valence-corrected chi connectivity index (χ2v) is 10.8. The lowest BCUT2D eigenvalue weighted by atomic mass is 9.98. The maximum absolute atomic E-state index is 16.4. The molecule has 39 heavy (non-hydrogen) atoms. The van der Waals surface area contributed by atoms with E-state index in [4.69, 9.17) is 9.72 Å². The molecule has 0 N–H and O–H groups in total. The van der Waals surface area contributed by atoms with Crippen molar-refractivity contribution in [2.75, 3.05) is 24.6 Å². The lowest BCUT2D eigenvalue weighted by Crippen LogP contribution is -2.37. The van der Waals surface area contributed by atoms with E-state index in [1.807, 2.05) is 42.1 Å². The lowest BCUT2D eigenvalue weighted by Gasteiger charge is -2.33. The van der Waals surface area contributed by atoms with Gasteiger partial charge >= 0.3 is 6.01 Å². The van der Waals surface area contributed by atoms with Crippen LogP contribution in [0.3, 0.4) is 0 Å². The molecule has 6 nitrogen and oxygen atoms in total. The average Bonchev–Trinajstić information content (AvgIpc) is 3.51. The molecule has 4 heterocycles. The maximum atomic E-state index is 16.4. The number of ether oxygens (including phenoxy) is 1. The van der Waals surface area contributed by atoms with Crippen LogP contribution in [0, 0.1) is 23.5 Å². The van der Waals surface area contributed by atoms with Gasteiger partial charge in [-0.3, -0.25) is 4.98 Å². The summed E-state index contributed by atoms with van der Waals surface area (Å²) in [5.74, 6) is 0.984. The van der Waals surface area contributed by atoms with E-state index in [0.29, 0.717) is 47.0 Å². The van der Waals surface area contributed by atoms with Gasteiger partial charge in [0.15, 0.2) is 5.82 Å². The summed E-state index contributed by atoms with van der Waals surface area (Å²) in [6.45, 7) is 2.14. The molecule has 3 aromatic heterocycles. The minimum Gasteiger partial charge on any atom is -0.463 e. The van der Waals surface area contributed by atoms with Crippen LogP contribution in [0.4, 0.5) is 14.6 Å². The zero-order valence-electron chi connectivity index (χ0n) is 21.8. The van der Waals surface area contributed by atoms with Crippen LogP contribution in [0.2, 0.25) is 0 Å². The summed E-state index contributed by atoms with van der Waals surface area (Å²) >= 11 is 0. The first kappa shape index (κ1) is 24.0. The molecule has 1 saturated carbocycles. The number of aromatic nitrogens is 4. The van der Waals surface area contributed by atoms with Crippen LogP contribution in [0.1, 0.15) is 25.0 Å². The molecule has 198 valence electrons. The Labute approximate surface area is 225 Å². The Kier molecular flexibility index (Phi) is 5.90. The van der Waals surface area contributed by atoms with Crippen LogP contribution < -0.4 is 9.64 Å². The van der Waals surface area contributed by atoms with Crippen molar-refractivity contribution in [3.63, 3.8) is 0 Å². The Bertz CT molecular complexity index is 1690. The number of hydrogen-bond donors (Lipinski definition) is 0. The quantitative estimate of drug-likeness (QED) is 0.260. The standard InChI is InChI=1S/C31H29F2N5O/c1-37-12-3-5-23(37)11-13-39-31-35-29-26(30(36-31)38-17-19-7-8-20(14-19)18-38)16-34-28(27(29)33)24-6-2-4-21-9-10-22(32)15-25(21)24/h2-6,9-10,12,15-16,19-20H,7-8,11,13-14,17-18H2,1H3. The molecule has 2 aromatic carbocycles. The van der Waals surface area contributed by atoms with Crippen molar-refractivity contribution in [2.24, 2.45) is 18.9 Å². The normalized spacial score (nSPS) is 18.8. The number of halogens is 2. The van der Waals surface area contributed by atoms with Gasteiger partial charge in [-0.05, 0) is 66.1 Å². The van der Waals surface area contributed by atoms with Gasteiger partial charge in [-0.1, -0.05) is 24.3 Å². The topological polar surface area (TPSA) is 56.1 Å². The number of benzene rings is 2. The van der Waals surface area contributed by atoms with E-state index in [1.165, 1.54) is 31.4 Å². The first-order valence-corrected chi connectivity index (χ1v) is 13.6. The molecule has 5 aromatic rings. The van der Waals surface area contributed by atoms with Crippen molar-refractivity contribution < 1.29 is 13.5 Å². The van der Waals surface area contributed by atoms with Crippen LogP contribution in [0.5, 0.6) is 6.01 Å². The molecule has 1 saturated heterocycles. The summed E-state index contributed by atoms with van der Waals surface area (Å²) in [5.41, 5.74) is 1.96. The molecular weight excluding hydrogens is 496 g/mol. The largest absolute Gasteiger partial charge is 0.463 e. The summed E-state index contributed by atoms with van der Waals surface area (Å²) < 4.78 is 38.6. The Morgan fingerprint density at radius 3 is 2.62 bits per heavy atom. The van der Waals surface area contributed by atoms with Gasteiger partial charge in [0.1, 0.15) is 22.8 Å². The van der Waals surface area contributed by atoms with Gasteiger partial charge in [0.2, 0.25) is 0 Å². The third-order valence-corrected chi connectivity index (χ3v) is 8.29. The summed E-state index contributed by atoms with van der Waals surface area (Å²) in [6.07, 6.45) is 8.02. The molecule has 2 unspecified atom stereocenters. The fourth-order valence-electron chi connectivity index (χ4n) is 6.35. The predicted molar refractivity (Wildman–Crippen MR) is 148 cm³/mol. The highest BCUT2D eigenvalue weighted by molar-refractivity contribution is 5.99. The van der Waals surface area contributed by atoms with Crippen LogP contribution >= 0.6 is 0 Å². The molecule has 1 aliphatic heterocycles. The number of piperidine rings is 1. The first-order valence-electron chi connectivity index (χ1n) is 13.6. The van der Waals surface area contributed by atoms with Crippen LogP contribution in [-0.4, -0.2) is 39.2 Å². The third kappa shape index (κ3) is 4.37. The van der Waals surface area contributed by atoms with Crippen LogP contribution in [-0.2, 0) is 13.5 Å². The Morgan fingerprint density at radius 1 is 0.974 bits per heavy atom. The molecule has 0 radical (unpaired) electrons. The predicted octanol–water partition coefficient (Wildman–Crippen LogP) is 6.32. The van der Waals surface area contributed by atoms with Crippen LogP contribution in [0.15, 0.2) is 60.9 Å². The Balaban J connectivity index is 1.33. The van der Waals surface area contributed by atoms with E-state index in [2.05, 4.69) is 14.9 Å². The molecule has 0 amide bonds. The average molecular weight is 526 g/mol. The van der Waals surface area contributed by atoms with Crippen molar-refractivity contribution >= 4 is 27.5 Å². The molecule has 2 fully saturated rings. The second-order valence-electron chi connectivity index (χ2n) is 10.8. The molecule has 0 spiro atoms. The highest BCUT2D eigenvalue weighted by Gasteiger charge is 2.34. The van der Waals surface area contributed by atoms with Crippen molar-refractivity contribution in [3.05, 3.63) is 78.3 Å². The minimum atomic E-state index is -0.555. The molecule has 8 heteroatoms. The van der Waals surface area contributed by atoms with E-state index < -0.39 is 5.82 Å². The van der Waals surface area contributed by atoms with Gasteiger partial charge in [0.05, 0.1) is 12.0 Å². The molecule has 2 bridgehead atoms. The number of nitrogens with zero attached hydrogens (tertiary/aromatic N) is 5. The fourth-order valence-corrected chi connectivity index (χ4v) is 6.35. The highest BCUT2D eigenvalue weighted by Crippen LogP contribution is 2.40. The highest BCUT2D eigenvalue weighted by atomic mass is 19.1. The molecule has 1 aliphatic carbocycles. The van der Waals surface area contributed by atoms with Gasteiger partial charge in [0, 0.05) is 50.2 Å². The minimum absolute atomic E-state index is 0.136. The monoisotopic (exact) mass is 525 g/mol. The number of aryl methyl sites for hydroxylation is 1.